The fraction of sp³-hybridized carbons (Fsp3) is 0.684. The maximum atomic E-state index is 12.2. The van der Waals surface area contributed by atoms with Gasteiger partial charge in [-0.2, -0.15) is 0 Å². The number of unbranched alkanes of at least 4 members (excludes halogenated alkanes) is 2. The SMILES string of the molecule is C=C(CO)C(=O)OCC(COC(=O)C(=C)CO)c1ccc2c(c1)CCC(C1CCC(C3CCC(CCCCC)CC3)CC1)C2. The van der Waals surface area contributed by atoms with E-state index in [0.29, 0.717) is 0 Å². The fourth-order valence-electron chi connectivity index (χ4n) is 8.10. The number of benzene rings is 1. The highest BCUT2D eigenvalue weighted by Crippen LogP contribution is 2.45. The van der Waals surface area contributed by atoms with Crippen molar-refractivity contribution in [3.8, 4) is 0 Å². The highest BCUT2D eigenvalue weighted by molar-refractivity contribution is 5.88. The van der Waals surface area contributed by atoms with Crippen molar-refractivity contribution in [3.63, 3.8) is 0 Å². The van der Waals surface area contributed by atoms with E-state index in [4.69, 9.17) is 9.47 Å². The number of aliphatic hydroxyl groups excluding tert-OH is 2. The van der Waals surface area contributed by atoms with Gasteiger partial charge in [0.2, 0.25) is 0 Å². The second kappa shape index (κ2) is 17.3. The van der Waals surface area contributed by atoms with Crippen LogP contribution in [0.2, 0.25) is 0 Å². The summed E-state index contributed by atoms with van der Waals surface area (Å²) in [5.74, 6) is 2.76. The minimum atomic E-state index is -0.672. The standard InChI is InChI=1S/C38H56O6/c1-4-5-6-7-28-8-10-29(11-9-28)30-12-14-31(15-13-30)32-16-17-34-21-35(19-18-33(34)20-32)36(24-43-37(41)26(2)22-39)25-44-38(42)27(3)23-40/h18-19,21,28-32,36,39-40H,2-17,20,22-25H2,1H3. The fourth-order valence-corrected chi connectivity index (χ4v) is 8.10. The Hall–Kier alpha value is -2.44. The predicted octanol–water partition coefficient (Wildman–Crippen LogP) is 7.25. The molecule has 244 valence electrons. The van der Waals surface area contributed by atoms with Crippen LogP contribution in [0.1, 0.15) is 113 Å². The third-order valence-corrected chi connectivity index (χ3v) is 11.0. The van der Waals surface area contributed by atoms with Gasteiger partial charge in [0.05, 0.1) is 30.3 Å². The van der Waals surface area contributed by atoms with Gasteiger partial charge < -0.3 is 19.7 Å². The molecule has 2 fully saturated rings. The van der Waals surface area contributed by atoms with Crippen LogP contribution in [0.3, 0.4) is 0 Å². The molecule has 3 aliphatic rings. The van der Waals surface area contributed by atoms with Crippen LogP contribution < -0.4 is 0 Å². The van der Waals surface area contributed by atoms with Gasteiger partial charge in [0.1, 0.15) is 13.2 Å². The van der Waals surface area contributed by atoms with Crippen LogP contribution in [-0.2, 0) is 31.9 Å². The molecule has 0 spiro atoms. The molecule has 1 atom stereocenters. The van der Waals surface area contributed by atoms with Gasteiger partial charge in [-0.15, -0.1) is 0 Å². The number of aryl methyl sites for hydroxylation is 1. The topological polar surface area (TPSA) is 93.1 Å². The van der Waals surface area contributed by atoms with Gasteiger partial charge in [-0.1, -0.05) is 76.8 Å². The smallest absolute Gasteiger partial charge is 0.335 e. The summed E-state index contributed by atoms with van der Waals surface area (Å²) in [5, 5.41) is 18.4. The normalized spacial score (nSPS) is 25.2. The molecule has 1 unspecified atom stereocenters. The van der Waals surface area contributed by atoms with Crippen molar-refractivity contribution in [2.45, 2.75) is 109 Å². The van der Waals surface area contributed by atoms with Crippen molar-refractivity contribution in [1.29, 1.82) is 0 Å². The Balaban J connectivity index is 1.30. The monoisotopic (exact) mass is 608 g/mol. The number of carbonyl (C=O) groups excluding carboxylic acids is 2. The molecule has 2 saturated carbocycles. The number of rotatable bonds is 15. The van der Waals surface area contributed by atoms with Crippen LogP contribution >= 0.6 is 0 Å². The number of aliphatic hydroxyl groups is 2. The number of carbonyl (C=O) groups is 2. The van der Waals surface area contributed by atoms with Crippen LogP contribution in [0.25, 0.3) is 0 Å². The summed E-state index contributed by atoms with van der Waals surface area (Å²) < 4.78 is 10.8. The van der Waals surface area contributed by atoms with Crippen molar-refractivity contribution in [3.05, 3.63) is 59.2 Å². The zero-order chi connectivity index (χ0) is 31.5. The second-order valence-corrected chi connectivity index (χ2v) is 13.9. The van der Waals surface area contributed by atoms with Gasteiger partial charge in [0, 0.05) is 0 Å². The van der Waals surface area contributed by atoms with Gasteiger partial charge in [0.25, 0.3) is 0 Å². The van der Waals surface area contributed by atoms with Crippen molar-refractivity contribution >= 4 is 11.9 Å². The van der Waals surface area contributed by atoms with Crippen LogP contribution in [0.5, 0.6) is 0 Å². The third-order valence-electron chi connectivity index (χ3n) is 11.0. The van der Waals surface area contributed by atoms with E-state index in [0.717, 1.165) is 48.0 Å². The number of hydrogen-bond donors (Lipinski definition) is 2. The molecule has 0 heterocycles. The molecule has 0 bridgehead atoms. The average Bonchev–Trinajstić information content (AvgIpc) is 3.07. The van der Waals surface area contributed by atoms with Gasteiger partial charge in [-0.3, -0.25) is 0 Å². The third kappa shape index (κ3) is 9.53. The van der Waals surface area contributed by atoms with Crippen molar-refractivity contribution < 1.29 is 29.3 Å². The zero-order valence-corrected chi connectivity index (χ0v) is 27.1. The molecule has 1 aromatic rings. The summed E-state index contributed by atoms with van der Waals surface area (Å²) in [4.78, 5) is 24.3. The molecule has 2 N–H and O–H groups in total. The van der Waals surface area contributed by atoms with E-state index < -0.39 is 25.2 Å². The summed E-state index contributed by atoms with van der Waals surface area (Å²) >= 11 is 0. The van der Waals surface area contributed by atoms with Gasteiger partial charge in [-0.05, 0) is 104 Å². The van der Waals surface area contributed by atoms with Crippen molar-refractivity contribution in [1.82, 2.24) is 0 Å². The Morgan fingerprint density at radius 1 is 0.773 bits per heavy atom. The Labute approximate surface area is 265 Å². The van der Waals surface area contributed by atoms with Gasteiger partial charge in [0.15, 0.2) is 0 Å². The van der Waals surface area contributed by atoms with E-state index in [1.165, 1.54) is 94.6 Å². The van der Waals surface area contributed by atoms with Crippen molar-refractivity contribution in [2.24, 2.45) is 29.6 Å². The molecule has 44 heavy (non-hydrogen) atoms. The average molecular weight is 609 g/mol. The van der Waals surface area contributed by atoms with Crippen LogP contribution in [0.4, 0.5) is 0 Å². The first-order valence-corrected chi connectivity index (χ1v) is 17.4. The maximum absolute atomic E-state index is 12.2. The molecule has 6 heteroatoms. The van der Waals surface area contributed by atoms with E-state index in [1.54, 1.807) is 0 Å². The molecule has 4 rings (SSSR count). The van der Waals surface area contributed by atoms with Crippen LogP contribution in [0, 0.1) is 29.6 Å². The van der Waals surface area contributed by atoms with Gasteiger partial charge >= 0.3 is 11.9 Å². The summed E-state index contributed by atoms with van der Waals surface area (Å²) in [5.41, 5.74) is 3.62. The molecule has 0 aliphatic heterocycles. The Morgan fingerprint density at radius 2 is 1.32 bits per heavy atom. The summed E-state index contributed by atoms with van der Waals surface area (Å²) in [6, 6.07) is 6.44. The quantitative estimate of drug-likeness (QED) is 0.124. The lowest BCUT2D eigenvalue weighted by Crippen LogP contribution is -2.30. The Morgan fingerprint density at radius 3 is 1.86 bits per heavy atom. The predicted molar refractivity (Wildman–Crippen MR) is 174 cm³/mol. The molecule has 0 saturated heterocycles. The molecule has 0 aromatic heterocycles. The Bertz CT molecular complexity index is 1080. The highest BCUT2D eigenvalue weighted by atomic mass is 16.5. The zero-order valence-electron chi connectivity index (χ0n) is 27.1. The summed E-state index contributed by atoms with van der Waals surface area (Å²) in [6.45, 7) is 8.38. The maximum Gasteiger partial charge on any atom is 0.335 e. The van der Waals surface area contributed by atoms with Gasteiger partial charge in [-0.25, -0.2) is 9.59 Å². The van der Waals surface area contributed by atoms with E-state index >= 15 is 0 Å². The first-order chi connectivity index (χ1) is 21.3. The highest BCUT2D eigenvalue weighted by Gasteiger charge is 2.34. The largest absolute Gasteiger partial charge is 0.461 e. The first kappa shape index (κ1) is 34.4. The minimum absolute atomic E-state index is 0.0120. The van der Waals surface area contributed by atoms with Crippen molar-refractivity contribution in [2.75, 3.05) is 26.4 Å². The molecule has 0 radical (unpaired) electrons. The number of ether oxygens (including phenoxy) is 2. The lowest BCUT2D eigenvalue weighted by Gasteiger charge is -2.41. The number of fused-ring (bicyclic) bond motifs is 1. The van der Waals surface area contributed by atoms with E-state index in [9.17, 15) is 19.8 Å². The lowest BCUT2D eigenvalue weighted by molar-refractivity contribution is -0.142. The van der Waals surface area contributed by atoms with E-state index in [2.05, 4.69) is 38.3 Å². The van der Waals surface area contributed by atoms with Crippen LogP contribution in [-0.4, -0.2) is 48.6 Å². The molecular weight excluding hydrogens is 552 g/mol. The second-order valence-electron chi connectivity index (χ2n) is 13.9. The first-order valence-electron chi connectivity index (χ1n) is 17.4. The molecular formula is C38H56O6. The molecule has 3 aliphatic carbocycles. The summed E-state index contributed by atoms with van der Waals surface area (Å²) in [7, 11) is 0. The van der Waals surface area contributed by atoms with Crippen LogP contribution in [0.15, 0.2) is 42.5 Å². The molecule has 0 amide bonds. The number of esters is 2. The summed E-state index contributed by atoms with van der Waals surface area (Å²) in [6.07, 6.45) is 20.5. The Kier molecular flexibility index (Phi) is 13.5. The van der Waals surface area contributed by atoms with E-state index in [-0.39, 0.29) is 30.3 Å². The minimum Gasteiger partial charge on any atom is -0.461 e. The number of hydrogen-bond acceptors (Lipinski definition) is 6. The molecule has 6 nitrogen and oxygen atoms in total. The molecule has 1 aromatic carbocycles. The van der Waals surface area contributed by atoms with E-state index in [1.807, 2.05) is 0 Å². The lowest BCUT2D eigenvalue weighted by atomic mass is 9.65.